The van der Waals surface area contributed by atoms with E-state index in [1.165, 1.54) is 4.90 Å². The van der Waals surface area contributed by atoms with Crippen molar-refractivity contribution in [2.45, 2.75) is 24.6 Å². The summed E-state index contributed by atoms with van der Waals surface area (Å²) in [5.74, 6) is -0.881. The maximum Gasteiger partial charge on any atom is 0.401 e. The summed E-state index contributed by atoms with van der Waals surface area (Å²) < 4.78 is 35.9. The average Bonchev–Trinajstić information content (AvgIpc) is 2.63. The fraction of sp³-hybridized carbons (Fsp3) is 0.727. The number of nitrogens with one attached hydrogen (secondary N) is 3. The molecular weight excluding hydrogens is 293 g/mol. The summed E-state index contributed by atoms with van der Waals surface area (Å²) in [4.78, 5) is 35.9. The minimum Gasteiger partial charge on any atom is -0.341 e. The number of piperidine rings is 1. The second kappa shape index (κ2) is 5.51. The van der Waals surface area contributed by atoms with Gasteiger partial charge in [-0.25, -0.2) is 4.79 Å². The van der Waals surface area contributed by atoms with Crippen molar-refractivity contribution in [1.82, 2.24) is 20.9 Å². The van der Waals surface area contributed by atoms with Gasteiger partial charge in [0.25, 0.3) is 5.91 Å². The number of alkyl halides is 3. The van der Waals surface area contributed by atoms with E-state index >= 15 is 0 Å². The lowest BCUT2D eigenvalue weighted by Gasteiger charge is -2.37. The molecule has 2 fully saturated rings. The minimum atomic E-state index is -4.36. The molecule has 0 aliphatic carbocycles. The van der Waals surface area contributed by atoms with Gasteiger partial charge in [-0.2, -0.15) is 13.2 Å². The van der Waals surface area contributed by atoms with E-state index in [0.29, 0.717) is 0 Å². The maximum absolute atomic E-state index is 12.0. The van der Waals surface area contributed by atoms with Crippen molar-refractivity contribution in [3.63, 3.8) is 0 Å². The van der Waals surface area contributed by atoms with Crippen LogP contribution >= 0.6 is 0 Å². The van der Waals surface area contributed by atoms with Crippen molar-refractivity contribution in [3.8, 4) is 0 Å². The number of nitrogens with zero attached hydrogens (tertiary/aromatic N) is 1. The molecule has 7 nitrogen and oxygen atoms in total. The van der Waals surface area contributed by atoms with Crippen LogP contribution in [0.5, 0.6) is 0 Å². The Hall–Kier alpha value is -1.84. The molecule has 0 bridgehead atoms. The van der Waals surface area contributed by atoms with Gasteiger partial charge in [-0.15, -0.1) is 0 Å². The molecule has 2 saturated heterocycles. The Balaban J connectivity index is 1.80. The number of hydrogen-bond donors (Lipinski definition) is 3. The highest BCUT2D eigenvalue weighted by molar-refractivity contribution is 6.07. The fourth-order valence-electron chi connectivity index (χ4n) is 2.44. The van der Waals surface area contributed by atoms with Crippen molar-refractivity contribution >= 4 is 17.8 Å². The van der Waals surface area contributed by atoms with E-state index in [0.717, 1.165) is 0 Å². The van der Waals surface area contributed by atoms with Gasteiger partial charge in [0.15, 0.2) is 0 Å². The van der Waals surface area contributed by atoms with E-state index < -0.39 is 42.7 Å². The molecule has 118 valence electrons. The third kappa shape index (κ3) is 3.63. The first-order chi connectivity index (χ1) is 9.72. The quantitative estimate of drug-likeness (QED) is 0.604. The monoisotopic (exact) mass is 308 g/mol. The molecule has 2 aliphatic heterocycles. The first-order valence-electron chi connectivity index (χ1n) is 6.41. The molecule has 21 heavy (non-hydrogen) atoms. The predicted molar refractivity (Wildman–Crippen MR) is 64.1 cm³/mol. The Bertz CT molecular complexity index is 458. The number of likely N-dealkylation sites (tertiary alicyclic amines) is 1. The summed E-state index contributed by atoms with van der Waals surface area (Å²) in [6.07, 6.45) is -3.87. The normalized spacial score (nSPS) is 21.4. The SMILES string of the molecule is O=C1NC(=O)C2(CCN(C(=O)CNCC(F)(F)F)CC2)N1. The second-order valence-corrected chi connectivity index (χ2v) is 5.09. The van der Waals surface area contributed by atoms with E-state index in [2.05, 4.69) is 10.6 Å². The number of carbonyl (C=O) groups is 3. The number of halogens is 3. The summed E-state index contributed by atoms with van der Waals surface area (Å²) in [6.45, 7) is -1.22. The summed E-state index contributed by atoms with van der Waals surface area (Å²) >= 11 is 0. The molecule has 1 spiro atoms. The van der Waals surface area contributed by atoms with Crippen molar-refractivity contribution in [1.29, 1.82) is 0 Å². The van der Waals surface area contributed by atoms with E-state index in [-0.39, 0.29) is 25.9 Å². The third-order valence-corrected chi connectivity index (χ3v) is 3.59. The van der Waals surface area contributed by atoms with Crippen LogP contribution in [0.15, 0.2) is 0 Å². The third-order valence-electron chi connectivity index (χ3n) is 3.59. The largest absolute Gasteiger partial charge is 0.401 e. The van der Waals surface area contributed by atoms with Gasteiger partial charge in [0.1, 0.15) is 5.54 Å². The molecule has 3 N–H and O–H groups in total. The van der Waals surface area contributed by atoms with Gasteiger partial charge in [0.05, 0.1) is 13.1 Å². The zero-order valence-electron chi connectivity index (χ0n) is 11.0. The number of hydrogen-bond acceptors (Lipinski definition) is 4. The van der Waals surface area contributed by atoms with Crippen LogP contribution in [0.1, 0.15) is 12.8 Å². The molecule has 0 aromatic rings. The molecule has 0 radical (unpaired) electrons. The van der Waals surface area contributed by atoms with Crippen LogP contribution in [-0.4, -0.2) is 60.6 Å². The Kier molecular flexibility index (Phi) is 4.08. The van der Waals surface area contributed by atoms with Gasteiger partial charge >= 0.3 is 12.2 Å². The molecule has 2 rings (SSSR count). The van der Waals surface area contributed by atoms with Crippen molar-refractivity contribution in [2.24, 2.45) is 0 Å². The van der Waals surface area contributed by atoms with Gasteiger partial charge < -0.3 is 15.5 Å². The van der Waals surface area contributed by atoms with Crippen LogP contribution in [0.25, 0.3) is 0 Å². The minimum absolute atomic E-state index is 0.209. The van der Waals surface area contributed by atoms with Crippen molar-refractivity contribution in [2.75, 3.05) is 26.2 Å². The van der Waals surface area contributed by atoms with Crippen LogP contribution in [0.4, 0.5) is 18.0 Å². The van der Waals surface area contributed by atoms with E-state index in [9.17, 15) is 27.6 Å². The predicted octanol–water partition coefficient (Wildman–Crippen LogP) is -0.661. The first kappa shape index (κ1) is 15.5. The number of rotatable bonds is 3. The van der Waals surface area contributed by atoms with Crippen LogP contribution in [0.2, 0.25) is 0 Å². The number of carbonyl (C=O) groups excluding carboxylic acids is 3. The summed E-state index contributed by atoms with van der Waals surface area (Å²) in [5, 5.41) is 6.72. The van der Waals surface area contributed by atoms with Crippen LogP contribution in [-0.2, 0) is 9.59 Å². The lowest BCUT2D eigenvalue weighted by Crippen LogP contribution is -2.56. The van der Waals surface area contributed by atoms with Crippen LogP contribution in [0.3, 0.4) is 0 Å². The number of imide groups is 1. The molecule has 10 heteroatoms. The highest BCUT2D eigenvalue weighted by atomic mass is 19.4. The molecular formula is C11H15F3N4O3. The van der Waals surface area contributed by atoms with Crippen molar-refractivity contribution in [3.05, 3.63) is 0 Å². The van der Waals surface area contributed by atoms with Crippen molar-refractivity contribution < 1.29 is 27.6 Å². The van der Waals surface area contributed by atoms with E-state index in [1.54, 1.807) is 0 Å². The van der Waals surface area contributed by atoms with Gasteiger partial charge in [0.2, 0.25) is 5.91 Å². The standard InChI is InChI=1S/C11H15F3N4O3/c12-11(13,14)6-15-5-7(19)18-3-1-10(2-4-18)8(20)16-9(21)17-10/h15H,1-6H2,(H2,16,17,20,21). The Morgan fingerprint density at radius 1 is 1.29 bits per heavy atom. The zero-order valence-corrected chi connectivity index (χ0v) is 11.0. The Morgan fingerprint density at radius 3 is 2.38 bits per heavy atom. The van der Waals surface area contributed by atoms with Gasteiger partial charge in [-0.05, 0) is 12.8 Å². The highest BCUT2D eigenvalue weighted by Gasteiger charge is 2.48. The second-order valence-electron chi connectivity index (χ2n) is 5.09. The summed E-state index contributed by atoms with van der Waals surface area (Å²) in [7, 11) is 0. The molecule has 0 unspecified atom stereocenters. The molecule has 0 saturated carbocycles. The number of amides is 4. The molecule has 2 heterocycles. The molecule has 0 aromatic heterocycles. The molecule has 4 amide bonds. The lowest BCUT2D eigenvalue weighted by molar-refractivity contribution is -0.137. The topological polar surface area (TPSA) is 90.5 Å². The lowest BCUT2D eigenvalue weighted by atomic mass is 9.88. The first-order valence-corrected chi connectivity index (χ1v) is 6.41. The Labute approximate surface area is 118 Å². The van der Waals surface area contributed by atoms with E-state index in [4.69, 9.17) is 0 Å². The molecule has 2 aliphatic rings. The smallest absolute Gasteiger partial charge is 0.341 e. The van der Waals surface area contributed by atoms with Crippen LogP contribution < -0.4 is 16.0 Å². The highest BCUT2D eigenvalue weighted by Crippen LogP contribution is 2.25. The maximum atomic E-state index is 12.0. The van der Waals surface area contributed by atoms with Gasteiger partial charge in [-0.1, -0.05) is 0 Å². The van der Waals surface area contributed by atoms with Gasteiger partial charge in [-0.3, -0.25) is 14.9 Å². The average molecular weight is 308 g/mol. The summed E-state index contributed by atoms with van der Waals surface area (Å²) in [5.41, 5.74) is -0.993. The number of urea groups is 1. The zero-order chi connectivity index (χ0) is 15.7. The summed E-state index contributed by atoms with van der Waals surface area (Å²) in [6, 6.07) is -0.563. The van der Waals surface area contributed by atoms with Crippen LogP contribution in [0, 0.1) is 0 Å². The van der Waals surface area contributed by atoms with Gasteiger partial charge in [0, 0.05) is 13.1 Å². The fourth-order valence-corrected chi connectivity index (χ4v) is 2.44. The Morgan fingerprint density at radius 2 is 1.90 bits per heavy atom. The molecule has 0 atom stereocenters. The van der Waals surface area contributed by atoms with E-state index in [1.807, 2.05) is 5.32 Å². The molecule has 0 aromatic carbocycles.